The molecule has 0 atom stereocenters. The predicted molar refractivity (Wildman–Crippen MR) is 73.6 cm³/mol. The van der Waals surface area contributed by atoms with Crippen molar-refractivity contribution in [2.45, 2.75) is 39.5 Å². The Morgan fingerprint density at radius 2 is 1.75 bits per heavy atom. The zero-order valence-corrected chi connectivity index (χ0v) is 10.9. The highest BCUT2D eigenvalue weighted by molar-refractivity contribution is 5.56. The summed E-state index contributed by atoms with van der Waals surface area (Å²) < 4.78 is 0. The van der Waals surface area contributed by atoms with Crippen LogP contribution in [0.15, 0.2) is 42.5 Å². The molecule has 0 aliphatic carbocycles. The fourth-order valence-electron chi connectivity index (χ4n) is 1.60. The molecule has 0 amide bonds. The summed E-state index contributed by atoms with van der Waals surface area (Å²) in [4.78, 5) is 0. The molecule has 0 aliphatic heterocycles. The van der Waals surface area contributed by atoms with Crippen LogP contribution in [0.5, 0.6) is 0 Å². The molecule has 0 spiro atoms. The summed E-state index contributed by atoms with van der Waals surface area (Å²) in [5.41, 5.74) is 4.14. The Labute approximate surface area is 99.7 Å². The molecular formula is C16H22. The third-order valence-electron chi connectivity index (χ3n) is 2.80. The molecule has 86 valence electrons. The van der Waals surface area contributed by atoms with Crippen LogP contribution < -0.4 is 0 Å². The first-order valence-electron chi connectivity index (χ1n) is 5.91. The van der Waals surface area contributed by atoms with Crippen LogP contribution in [0.2, 0.25) is 0 Å². The van der Waals surface area contributed by atoms with Gasteiger partial charge in [-0.1, -0.05) is 70.7 Å². The van der Waals surface area contributed by atoms with E-state index in [0.717, 1.165) is 6.42 Å². The predicted octanol–water partition coefficient (Wildman–Crippen LogP) is 4.96. The lowest BCUT2D eigenvalue weighted by atomic mass is 9.86. The van der Waals surface area contributed by atoms with E-state index in [0.29, 0.717) is 0 Å². The van der Waals surface area contributed by atoms with Crippen LogP contribution in [0.4, 0.5) is 0 Å². The topological polar surface area (TPSA) is 0 Å². The molecule has 1 rings (SSSR count). The summed E-state index contributed by atoms with van der Waals surface area (Å²) in [6, 6.07) is 8.78. The van der Waals surface area contributed by atoms with Crippen LogP contribution in [0.3, 0.4) is 0 Å². The highest BCUT2D eigenvalue weighted by atomic mass is 14.2. The van der Waals surface area contributed by atoms with Gasteiger partial charge in [-0.2, -0.15) is 0 Å². The maximum absolute atomic E-state index is 3.82. The van der Waals surface area contributed by atoms with Gasteiger partial charge in [0.1, 0.15) is 0 Å². The molecule has 0 radical (unpaired) electrons. The van der Waals surface area contributed by atoms with E-state index >= 15 is 0 Å². The van der Waals surface area contributed by atoms with Gasteiger partial charge < -0.3 is 0 Å². The zero-order chi connectivity index (χ0) is 12.2. The number of benzene rings is 1. The van der Waals surface area contributed by atoms with Crippen molar-refractivity contribution in [3.63, 3.8) is 0 Å². The van der Waals surface area contributed by atoms with Crippen molar-refractivity contribution in [3.05, 3.63) is 53.6 Å². The van der Waals surface area contributed by atoms with Gasteiger partial charge in [-0.15, -0.1) is 0 Å². The van der Waals surface area contributed by atoms with E-state index in [2.05, 4.69) is 64.6 Å². The van der Waals surface area contributed by atoms with Crippen molar-refractivity contribution >= 4 is 6.08 Å². The normalized spacial score (nSPS) is 12.6. The average molecular weight is 214 g/mol. The number of allylic oxidation sites excluding steroid dienone is 2. The third-order valence-corrected chi connectivity index (χ3v) is 2.80. The minimum atomic E-state index is 0.230. The Balaban J connectivity index is 2.96. The second kappa shape index (κ2) is 5.16. The summed E-state index contributed by atoms with van der Waals surface area (Å²) in [7, 11) is 0. The molecule has 0 saturated carbocycles. The molecule has 0 heteroatoms. The van der Waals surface area contributed by atoms with Gasteiger partial charge in [0.25, 0.3) is 0 Å². The number of hydrogen-bond acceptors (Lipinski definition) is 0. The average Bonchev–Trinajstić information content (AvgIpc) is 2.25. The molecule has 0 saturated heterocycles. The zero-order valence-electron chi connectivity index (χ0n) is 10.9. The molecule has 0 aliphatic rings. The van der Waals surface area contributed by atoms with E-state index in [1.54, 1.807) is 0 Å². The van der Waals surface area contributed by atoms with Crippen molar-refractivity contribution < 1.29 is 0 Å². The van der Waals surface area contributed by atoms with Crippen LogP contribution in [-0.2, 0) is 5.41 Å². The minimum absolute atomic E-state index is 0.230. The van der Waals surface area contributed by atoms with E-state index in [1.165, 1.54) is 16.7 Å². The summed E-state index contributed by atoms with van der Waals surface area (Å²) >= 11 is 0. The van der Waals surface area contributed by atoms with Crippen LogP contribution in [0, 0.1) is 0 Å². The number of hydrogen-bond donors (Lipinski definition) is 0. The fraction of sp³-hybridized carbons (Fsp3) is 0.375. The first-order valence-corrected chi connectivity index (χ1v) is 5.91. The molecule has 0 heterocycles. The van der Waals surface area contributed by atoms with E-state index in [1.807, 2.05) is 6.08 Å². The molecule has 1 aromatic carbocycles. The van der Waals surface area contributed by atoms with Gasteiger partial charge in [0, 0.05) is 0 Å². The van der Waals surface area contributed by atoms with Crippen LogP contribution in [-0.4, -0.2) is 0 Å². The van der Waals surface area contributed by atoms with E-state index in [-0.39, 0.29) is 5.41 Å². The van der Waals surface area contributed by atoms with Gasteiger partial charge in [0.15, 0.2) is 0 Å². The molecular weight excluding hydrogens is 192 g/mol. The Hall–Kier alpha value is -1.30. The monoisotopic (exact) mass is 214 g/mol. The lowest BCUT2D eigenvalue weighted by Crippen LogP contribution is -2.10. The smallest absolute Gasteiger partial charge is 0.0132 e. The van der Waals surface area contributed by atoms with Gasteiger partial charge in [0.05, 0.1) is 0 Å². The second-order valence-corrected chi connectivity index (χ2v) is 5.15. The second-order valence-electron chi connectivity index (χ2n) is 5.15. The van der Waals surface area contributed by atoms with Crippen molar-refractivity contribution in [3.8, 4) is 0 Å². The first-order chi connectivity index (χ1) is 7.47. The van der Waals surface area contributed by atoms with Crippen LogP contribution >= 0.6 is 0 Å². The molecule has 16 heavy (non-hydrogen) atoms. The molecule has 0 bridgehead atoms. The van der Waals surface area contributed by atoms with Crippen LogP contribution in [0.25, 0.3) is 6.08 Å². The molecule has 0 fully saturated rings. The van der Waals surface area contributed by atoms with Gasteiger partial charge in [-0.05, 0) is 28.5 Å². The maximum Gasteiger partial charge on any atom is -0.0132 e. The minimum Gasteiger partial charge on any atom is -0.0988 e. The van der Waals surface area contributed by atoms with Crippen molar-refractivity contribution in [2.24, 2.45) is 0 Å². The van der Waals surface area contributed by atoms with E-state index in [9.17, 15) is 0 Å². The van der Waals surface area contributed by atoms with Crippen molar-refractivity contribution in [2.75, 3.05) is 0 Å². The third kappa shape index (κ3) is 3.37. The van der Waals surface area contributed by atoms with Gasteiger partial charge >= 0.3 is 0 Å². The summed E-state index contributed by atoms with van der Waals surface area (Å²) in [5.74, 6) is 0. The summed E-state index contributed by atoms with van der Waals surface area (Å²) in [6.07, 6.45) is 5.15. The lowest BCUT2D eigenvalue weighted by molar-refractivity contribution is 0.590. The molecule has 0 N–H and O–H groups in total. The van der Waals surface area contributed by atoms with Crippen LogP contribution in [0.1, 0.15) is 45.2 Å². The molecule has 0 unspecified atom stereocenters. The van der Waals surface area contributed by atoms with Gasteiger partial charge in [-0.25, -0.2) is 0 Å². The van der Waals surface area contributed by atoms with Crippen molar-refractivity contribution in [1.82, 2.24) is 0 Å². The Kier molecular flexibility index (Phi) is 4.12. The summed E-state index contributed by atoms with van der Waals surface area (Å²) in [5, 5.41) is 0. The van der Waals surface area contributed by atoms with Crippen molar-refractivity contribution in [1.29, 1.82) is 0 Å². The largest absolute Gasteiger partial charge is 0.0988 e. The highest BCUT2D eigenvalue weighted by Gasteiger charge is 2.12. The van der Waals surface area contributed by atoms with E-state index in [4.69, 9.17) is 0 Å². The van der Waals surface area contributed by atoms with Gasteiger partial charge in [0.2, 0.25) is 0 Å². The Morgan fingerprint density at radius 3 is 2.12 bits per heavy atom. The highest BCUT2D eigenvalue weighted by Crippen LogP contribution is 2.23. The first kappa shape index (κ1) is 12.8. The molecule has 1 aromatic rings. The Morgan fingerprint density at radius 1 is 1.19 bits per heavy atom. The fourth-order valence-corrected chi connectivity index (χ4v) is 1.60. The quantitative estimate of drug-likeness (QED) is 0.624. The Bertz CT molecular complexity index is 371. The molecule has 0 aromatic heterocycles. The van der Waals surface area contributed by atoms with E-state index < -0.39 is 0 Å². The number of rotatable bonds is 3. The SMILES string of the molecule is C=C/C(=C/c1ccc(C(C)(C)C)cc1)CC. The lowest BCUT2D eigenvalue weighted by Gasteiger charge is -2.18. The molecule has 0 nitrogen and oxygen atoms in total. The summed E-state index contributed by atoms with van der Waals surface area (Å²) in [6.45, 7) is 12.7. The standard InChI is InChI=1S/C16H22/c1-6-13(7-2)12-14-8-10-15(11-9-14)16(3,4)5/h6,8-12H,1,7H2,2-5H3/b13-12-. The van der Waals surface area contributed by atoms with Gasteiger partial charge in [-0.3, -0.25) is 0 Å². The maximum atomic E-state index is 3.82.